The summed E-state index contributed by atoms with van der Waals surface area (Å²) in [5.41, 5.74) is 2.13. The Morgan fingerprint density at radius 2 is 2.18 bits per heavy atom. The first kappa shape index (κ1) is 14.5. The quantitative estimate of drug-likeness (QED) is 0.917. The maximum absolute atomic E-state index is 12.3. The molecule has 3 rings (SSSR count). The molecule has 2 heterocycles. The lowest BCUT2D eigenvalue weighted by Crippen LogP contribution is -2.25. The van der Waals surface area contributed by atoms with Gasteiger partial charge >= 0.3 is 0 Å². The van der Waals surface area contributed by atoms with Crippen LogP contribution in [0, 0.1) is 0 Å². The third kappa shape index (κ3) is 2.93. The molecule has 0 radical (unpaired) electrons. The van der Waals surface area contributed by atoms with Crippen LogP contribution in [0.2, 0.25) is 0 Å². The van der Waals surface area contributed by atoms with E-state index in [4.69, 9.17) is 4.52 Å². The molecule has 0 saturated carbocycles. The molecule has 7 heteroatoms. The first-order chi connectivity index (χ1) is 10.6. The SMILES string of the molecule is CN(C)c1nccc(CNC(=O)c2noc3c2CCCC3)n1. The van der Waals surface area contributed by atoms with Gasteiger partial charge in [0.25, 0.3) is 5.91 Å². The van der Waals surface area contributed by atoms with E-state index in [1.807, 2.05) is 19.0 Å². The van der Waals surface area contributed by atoms with E-state index in [1.54, 1.807) is 12.3 Å². The largest absolute Gasteiger partial charge is 0.360 e. The smallest absolute Gasteiger partial charge is 0.274 e. The minimum Gasteiger partial charge on any atom is -0.360 e. The Morgan fingerprint density at radius 1 is 1.36 bits per heavy atom. The number of aryl methyl sites for hydroxylation is 1. The number of carbonyl (C=O) groups excluding carboxylic acids is 1. The van der Waals surface area contributed by atoms with Crippen LogP contribution in [0.3, 0.4) is 0 Å². The fourth-order valence-corrected chi connectivity index (χ4v) is 2.52. The highest BCUT2D eigenvalue weighted by atomic mass is 16.5. The van der Waals surface area contributed by atoms with E-state index in [9.17, 15) is 4.79 Å². The molecule has 0 aliphatic heterocycles. The fourth-order valence-electron chi connectivity index (χ4n) is 2.52. The molecule has 7 nitrogen and oxygen atoms in total. The van der Waals surface area contributed by atoms with E-state index in [2.05, 4.69) is 20.4 Å². The van der Waals surface area contributed by atoms with Crippen LogP contribution < -0.4 is 10.2 Å². The molecule has 0 fully saturated rings. The number of amides is 1. The van der Waals surface area contributed by atoms with Gasteiger partial charge in [0, 0.05) is 32.3 Å². The molecule has 2 aromatic heterocycles. The molecule has 2 aromatic rings. The van der Waals surface area contributed by atoms with Gasteiger partial charge < -0.3 is 14.7 Å². The first-order valence-corrected chi connectivity index (χ1v) is 7.40. The molecule has 1 aliphatic carbocycles. The Labute approximate surface area is 128 Å². The van der Waals surface area contributed by atoms with Crippen molar-refractivity contribution in [3.05, 3.63) is 35.0 Å². The summed E-state index contributed by atoms with van der Waals surface area (Å²) in [6.07, 6.45) is 5.58. The zero-order chi connectivity index (χ0) is 15.5. The molecule has 116 valence electrons. The molecular weight excluding hydrogens is 282 g/mol. The lowest BCUT2D eigenvalue weighted by Gasteiger charge is -2.11. The van der Waals surface area contributed by atoms with Gasteiger partial charge in [0.05, 0.1) is 12.2 Å². The van der Waals surface area contributed by atoms with E-state index in [0.29, 0.717) is 18.2 Å². The summed E-state index contributed by atoms with van der Waals surface area (Å²) < 4.78 is 5.27. The molecule has 1 N–H and O–H groups in total. The predicted octanol–water partition coefficient (Wildman–Crippen LogP) is 1.34. The van der Waals surface area contributed by atoms with Gasteiger partial charge in [-0.2, -0.15) is 0 Å². The number of anilines is 1. The van der Waals surface area contributed by atoms with Gasteiger partial charge in [-0.05, 0) is 25.3 Å². The van der Waals surface area contributed by atoms with Crippen molar-refractivity contribution in [2.45, 2.75) is 32.2 Å². The van der Waals surface area contributed by atoms with Gasteiger partial charge in [-0.15, -0.1) is 0 Å². The van der Waals surface area contributed by atoms with Crippen LogP contribution in [-0.2, 0) is 19.4 Å². The summed E-state index contributed by atoms with van der Waals surface area (Å²) in [6, 6.07) is 1.78. The highest BCUT2D eigenvalue weighted by molar-refractivity contribution is 5.93. The number of hydrogen-bond donors (Lipinski definition) is 1. The maximum atomic E-state index is 12.3. The number of nitrogens with one attached hydrogen (secondary N) is 1. The van der Waals surface area contributed by atoms with Crippen molar-refractivity contribution in [3.63, 3.8) is 0 Å². The standard InChI is InChI=1S/C15H19N5O2/c1-20(2)15-16-8-7-10(18-15)9-17-14(21)13-11-5-3-4-6-12(11)22-19-13/h7-8H,3-6,9H2,1-2H3,(H,17,21). The van der Waals surface area contributed by atoms with Crippen LogP contribution in [0.1, 0.15) is 40.3 Å². The van der Waals surface area contributed by atoms with Gasteiger partial charge in [0.15, 0.2) is 5.69 Å². The number of aromatic nitrogens is 3. The molecule has 0 saturated heterocycles. The van der Waals surface area contributed by atoms with Gasteiger partial charge in [-0.25, -0.2) is 9.97 Å². The number of carbonyl (C=O) groups is 1. The minimum atomic E-state index is -0.211. The maximum Gasteiger partial charge on any atom is 0.274 e. The fraction of sp³-hybridized carbons (Fsp3) is 0.467. The molecule has 1 aliphatic rings. The van der Waals surface area contributed by atoms with E-state index in [0.717, 1.165) is 42.7 Å². The van der Waals surface area contributed by atoms with E-state index in [-0.39, 0.29) is 5.91 Å². The van der Waals surface area contributed by atoms with Crippen LogP contribution in [-0.4, -0.2) is 35.1 Å². The van der Waals surface area contributed by atoms with Crippen molar-refractivity contribution < 1.29 is 9.32 Å². The van der Waals surface area contributed by atoms with Crippen LogP contribution in [0.15, 0.2) is 16.8 Å². The predicted molar refractivity (Wildman–Crippen MR) is 80.7 cm³/mol. The zero-order valence-corrected chi connectivity index (χ0v) is 12.8. The van der Waals surface area contributed by atoms with Gasteiger partial charge in [0.1, 0.15) is 5.76 Å². The van der Waals surface area contributed by atoms with E-state index < -0.39 is 0 Å². The molecule has 0 spiro atoms. The van der Waals surface area contributed by atoms with Gasteiger partial charge in [-0.1, -0.05) is 5.16 Å². The third-order valence-corrected chi connectivity index (χ3v) is 3.70. The van der Waals surface area contributed by atoms with Gasteiger partial charge in [0.2, 0.25) is 5.95 Å². The second kappa shape index (κ2) is 6.13. The topological polar surface area (TPSA) is 84.2 Å². The first-order valence-electron chi connectivity index (χ1n) is 7.40. The van der Waals surface area contributed by atoms with Crippen molar-refractivity contribution in [2.75, 3.05) is 19.0 Å². The third-order valence-electron chi connectivity index (χ3n) is 3.70. The van der Waals surface area contributed by atoms with Crippen LogP contribution in [0.4, 0.5) is 5.95 Å². The average molecular weight is 301 g/mol. The zero-order valence-electron chi connectivity index (χ0n) is 12.8. The van der Waals surface area contributed by atoms with Crippen molar-refractivity contribution >= 4 is 11.9 Å². The van der Waals surface area contributed by atoms with Crippen molar-refractivity contribution in [3.8, 4) is 0 Å². The number of hydrogen-bond acceptors (Lipinski definition) is 6. The second-order valence-electron chi connectivity index (χ2n) is 5.57. The Morgan fingerprint density at radius 3 is 3.00 bits per heavy atom. The Balaban J connectivity index is 1.68. The van der Waals surface area contributed by atoms with Crippen LogP contribution in [0.5, 0.6) is 0 Å². The second-order valence-corrected chi connectivity index (χ2v) is 5.57. The lowest BCUT2D eigenvalue weighted by atomic mass is 9.96. The molecule has 0 atom stereocenters. The molecule has 0 unspecified atom stereocenters. The van der Waals surface area contributed by atoms with Crippen LogP contribution in [0.25, 0.3) is 0 Å². The summed E-state index contributed by atoms with van der Waals surface area (Å²) in [4.78, 5) is 22.6. The number of fused-ring (bicyclic) bond motifs is 1. The van der Waals surface area contributed by atoms with Crippen molar-refractivity contribution in [1.82, 2.24) is 20.4 Å². The van der Waals surface area contributed by atoms with E-state index >= 15 is 0 Å². The molecule has 0 aromatic carbocycles. The summed E-state index contributed by atoms with van der Waals surface area (Å²) >= 11 is 0. The number of nitrogens with zero attached hydrogens (tertiary/aromatic N) is 4. The normalized spacial score (nSPS) is 13.5. The van der Waals surface area contributed by atoms with Crippen LogP contribution >= 0.6 is 0 Å². The Kier molecular flexibility index (Phi) is 4.04. The summed E-state index contributed by atoms with van der Waals surface area (Å²) in [5.74, 6) is 1.26. The highest BCUT2D eigenvalue weighted by Crippen LogP contribution is 2.24. The molecular formula is C15H19N5O2. The molecule has 1 amide bonds. The Hall–Kier alpha value is -2.44. The highest BCUT2D eigenvalue weighted by Gasteiger charge is 2.23. The van der Waals surface area contributed by atoms with E-state index in [1.165, 1.54) is 0 Å². The number of rotatable bonds is 4. The summed E-state index contributed by atoms with van der Waals surface area (Å²) in [7, 11) is 3.75. The molecule has 0 bridgehead atoms. The molecule has 22 heavy (non-hydrogen) atoms. The van der Waals surface area contributed by atoms with Crippen molar-refractivity contribution in [1.29, 1.82) is 0 Å². The van der Waals surface area contributed by atoms with Gasteiger partial charge in [-0.3, -0.25) is 4.79 Å². The van der Waals surface area contributed by atoms with Crippen molar-refractivity contribution in [2.24, 2.45) is 0 Å². The monoisotopic (exact) mass is 301 g/mol. The lowest BCUT2D eigenvalue weighted by molar-refractivity contribution is 0.0940. The summed E-state index contributed by atoms with van der Waals surface area (Å²) in [5, 5.41) is 6.78. The minimum absolute atomic E-state index is 0.211. The summed E-state index contributed by atoms with van der Waals surface area (Å²) in [6.45, 7) is 0.337. The average Bonchev–Trinajstić information content (AvgIpc) is 2.97. The Bertz CT molecular complexity index is 680.